The molecular weight excluding hydrogens is 381 g/mol. The van der Waals surface area contributed by atoms with Crippen molar-refractivity contribution in [1.29, 1.82) is 0 Å². The molecule has 0 amide bonds. The molecule has 0 atom stereocenters. The first-order valence-electron chi connectivity index (χ1n) is 8.51. The van der Waals surface area contributed by atoms with Crippen LogP contribution < -0.4 is 4.74 Å². The molecule has 3 heterocycles. The highest BCUT2D eigenvalue weighted by atomic mass is 19.4. The van der Waals surface area contributed by atoms with Crippen molar-refractivity contribution in [2.75, 3.05) is 13.1 Å². The van der Waals surface area contributed by atoms with Crippen LogP contribution in [-0.2, 0) is 24.4 Å². The minimum absolute atomic E-state index is 0.391. The van der Waals surface area contributed by atoms with E-state index in [0.717, 1.165) is 37.7 Å². The van der Waals surface area contributed by atoms with Gasteiger partial charge in [-0.3, -0.25) is 4.90 Å². The topological polar surface area (TPSA) is 106 Å². The second-order valence-corrected chi connectivity index (χ2v) is 6.23. The van der Waals surface area contributed by atoms with Crippen LogP contribution in [0.25, 0.3) is 0 Å². The predicted molar refractivity (Wildman–Crippen MR) is 90.5 cm³/mol. The smallest absolute Gasteiger partial charge is 0.482 e. The van der Waals surface area contributed by atoms with Crippen LogP contribution >= 0.6 is 0 Å². The molecular formula is C16H21F3N6O3. The maximum atomic E-state index is 10.6. The first-order valence-corrected chi connectivity index (χ1v) is 8.51. The highest BCUT2D eigenvalue weighted by Gasteiger charge is 2.38. The lowest BCUT2D eigenvalue weighted by atomic mass is 10.3. The molecule has 154 valence electrons. The number of hydrogen-bond acceptors (Lipinski definition) is 7. The molecule has 0 aromatic carbocycles. The number of ether oxygens (including phenoxy) is 1. The fourth-order valence-corrected chi connectivity index (χ4v) is 2.53. The predicted octanol–water partition coefficient (Wildman–Crippen LogP) is 1.55. The van der Waals surface area contributed by atoms with Crippen LogP contribution in [0.15, 0.2) is 18.7 Å². The zero-order valence-electron chi connectivity index (χ0n) is 15.4. The van der Waals surface area contributed by atoms with E-state index in [9.17, 15) is 13.2 Å². The van der Waals surface area contributed by atoms with Crippen molar-refractivity contribution in [2.45, 2.75) is 45.6 Å². The molecule has 1 aliphatic rings. The van der Waals surface area contributed by atoms with Crippen molar-refractivity contribution in [3.63, 3.8) is 0 Å². The third-order valence-corrected chi connectivity index (χ3v) is 4.02. The van der Waals surface area contributed by atoms with Gasteiger partial charge in [0.15, 0.2) is 11.6 Å². The maximum absolute atomic E-state index is 10.6. The highest BCUT2D eigenvalue weighted by molar-refractivity contribution is 5.73. The number of aliphatic carboxylic acids is 1. The van der Waals surface area contributed by atoms with Gasteiger partial charge in [0.2, 0.25) is 0 Å². The van der Waals surface area contributed by atoms with Gasteiger partial charge in [0.1, 0.15) is 18.8 Å². The fraction of sp³-hybridized carbons (Fsp3) is 0.562. The minimum Gasteiger partial charge on any atom is -0.482 e. The molecule has 3 rings (SSSR count). The monoisotopic (exact) mass is 402 g/mol. The minimum atomic E-state index is -5.08. The number of fused-ring (bicyclic) bond motifs is 1. The summed E-state index contributed by atoms with van der Waals surface area (Å²) in [6.45, 7) is 7.80. The summed E-state index contributed by atoms with van der Waals surface area (Å²) in [6, 6.07) is 0.559. The van der Waals surface area contributed by atoms with Gasteiger partial charge in [0.25, 0.3) is 0 Å². The Balaban J connectivity index is 0.000000345. The summed E-state index contributed by atoms with van der Waals surface area (Å²) in [5.74, 6) is -0.208. The Labute approximate surface area is 159 Å². The molecule has 0 spiro atoms. The zero-order valence-corrected chi connectivity index (χ0v) is 15.4. The fourth-order valence-electron chi connectivity index (χ4n) is 2.53. The molecule has 28 heavy (non-hydrogen) atoms. The molecule has 0 aliphatic carbocycles. The van der Waals surface area contributed by atoms with Gasteiger partial charge in [-0.05, 0) is 13.8 Å². The molecule has 2 aromatic rings. The van der Waals surface area contributed by atoms with E-state index < -0.39 is 12.1 Å². The normalized spacial score (nSPS) is 14.6. The van der Waals surface area contributed by atoms with Crippen LogP contribution in [0.3, 0.4) is 0 Å². The van der Waals surface area contributed by atoms with Crippen LogP contribution in [0.2, 0.25) is 0 Å². The second kappa shape index (κ2) is 9.44. The number of carbonyl (C=O) groups is 1. The number of nitrogens with zero attached hydrogens (tertiary/aromatic N) is 6. The summed E-state index contributed by atoms with van der Waals surface area (Å²) in [4.78, 5) is 19.2. The van der Waals surface area contributed by atoms with Gasteiger partial charge in [-0.25, -0.2) is 14.8 Å². The standard InChI is InChI=1S/C14H20N6O.C2HF3O2/c1-11(2)19-4-3-13-17-18-14(20(13)6-5-19)9-21-12-7-15-10-16-8-12;3-2(4,5)1(6)7/h7-8,10-11H,3-6,9H2,1-2H3;(H,6,7). The Morgan fingerprint density at radius 1 is 1.21 bits per heavy atom. The number of carboxylic acid groups (broad SMARTS) is 1. The summed E-state index contributed by atoms with van der Waals surface area (Å²) in [6.07, 6.45) is 0.622. The molecule has 0 saturated heterocycles. The first kappa shape index (κ1) is 21.5. The largest absolute Gasteiger partial charge is 0.490 e. The van der Waals surface area contributed by atoms with E-state index in [-0.39, 0.29) is 0 Å². The third kappa shape index (κ3) is 6.15. The SMILES string of the molecule is CC(C)N1CCc2nnc(COc3cncnc3)n2CC1.O=C(O)C(F)(F)F. The van der Waals surface area contributed by atoms with Crippen LogP contribution in [0.1, 0.15) is 25.5 Å². The van der Waals surface area contributed by atoms with E-state index in [0.29, 0.717) is 18.4 Å². The van der Waals surface area contributed by atoms with Gasteiger partial charge in [-0.1, -0.05) is 0 Å². The third-order valence-electron chi connectivity index (χ3n) is 4.02. The van der Waals surface area contributed by atoms with E-state index in [1.807, 2.05) is 0 Å². The van der Waals surface area contributed by atoms with Crippen molar-refractivity contribution < 1.29 is 27.8 Å². The summed E-state index contributed by atoms with van der Waals surface area (Å²) >= 11 is 0. The molecule has 0 radical (unpaired) electrons. The first-order chi connectivity index (χ1) is 13.2. The Bertz CT molecular complexity index is 767. The zero-order chi connectivity index (χ0) is 20.7. The highest BCUT2D eigenvalue weighted by Crippen LogP contribution is 2.14. The van der Waals surface area contributed by atoms with Gasteiger partial charge >= 0.3 is 12.1 Å². The van der Waals surface area contributed by atoms with Crippen molar-refractivity contribution in [3.8, 4) is 5.75 Å². The molecule has 0 bridgehead atoms. The van der Waals surface area contributed by atoms with Crippen molar-refractivity contribution in [2.24, 2.45) is 0 Å². The molecule has 12 heteroatoms. The molecule has 0 saturated carbocycles. The lowest BCUT2D eigenvalue weighted by Gasteiger charge is -2.23. The van der Waals surface area contributed by atoms with E-state index in [2.05, 4.69) is 43.5 Å². The van der Waals surface area contributed by atoms with Crippen molar-refractivity contribution >= 4 is 5.97 Å². The van der Waals surface area contributed by atoms with Crippen LogP contribution in [0, 0.1) is 0 Å². The molecule has 9 nitrogen and oxygen atoms in total. The van der Waals surface area contributed by atoms with Gasteiger partial charge in [-0.2, -0.15) is 13.2 Å². The molecule has 0 unspecified atom stereocenters. The number of aromatic nitrogens is 5. The number of halogens is 3. The van der Waals surface area contributed by atoms with E-state index >= 15 is 0 Å². The van der Waals surface area contributed by atoms with Gasteiger partial charge in [-0.15, -0.1) is 10.2 Å². The Morgan fingerprint density at radius 2 is 1.86 bits per heavy atom. The Hall–Kier alpha value is -2.76. The molecule has 0 fully saturated rings. The molecule has 1 N–H and O–H groups in total. The number of carboxylic acids is 1. The summed E-state index contributed by atoms with van der Waals surface area (Å²) < 4.78 is 39.6. The molecule has 2 aromatic heterocycles. The quantitative estimate of drug-likeness (QED) is 0.821. The number of hydrogen-bond donors (Lipinski definition) is 1. The van der Waals surface area contributed by atoms with Crippen LogP contribution in [0.4, 0.5) is 13.2 Å². The number of rotatable bonds is 4. The lowest BCUT2D eigenvalue weighted by Crippen LogP contribution is -2.33. The van der Waals surface area contributed by atoms with Gasteiger partial charge in [0.05, 0.1) is 12.4 Å². The van der Waals surface area contributed by atoms with Gasteiger partial charge in [0, 0.05) is 32.1 Å². The van der Waals surface area contributed by atoms with Crippen LogP contribution in [0.5, 0.6) is 5.75 Å². The van der Waals surface area contributed by atoms with E-state index in [1.165, 1.54) is 6.33 Å². The van der Waals surface area contributed by atoms with Crippen LogP contribution in [-0.4, -0.2) is 66.0 Å². The molecule has 1 aliphatic heterocycles. The number of alkyl halides is 3. The van der Waals surface area contributed by atoms with Crippen molar-refractivity contribution in [1.82, 2.24) is 29.6 Å². The van der Waals surface area contributed by atoms with Crippen molar-refractivity contribution in [3.05, 3.63) is 30.4 Å². The average Bonchev–Trinajstić information content (AvgIpc) is 2.89. The van der Waals surface area contributed by atoms with E-state index in [4.69, 9.17) is 14.6 Å². The average molecular weight is 402 g/mol. The summed E-state index contributed by atoms with van der Waals surface area (Å²) in [5, 5.41) is 15.7. The van der Waals surface area contributed by atoms with E-state index in [1.54, 1.807) is 12.4 Å². The second-order valence-electron chi connectivity index (χ2n) is 6.23. The lowest BCUT2D eigenvalue weighted by molar-refractivity contribution is -0.192. The summed E-state index contributed by atoms with van der Waals surface area (Å²) in [7, 11) is 0. The van der Waals surface area contributed by atoms with Gasteiger partial charge < -0.3 is 14.4 Å². The maximum Gasteiger partial charge on any atom is 0.490 e. The Kier molecular flexibility index (Phi) is 7.26. The Morgan fingerprint density at radius 3 is 2.43 bits per heavy atom. The summed E-state index contributed by atoms with van der Waals surface area (Å²) in [5.41, 5.74) is 0.